The van der Waals surface area contributed by atoms with Gasteiger partial charge in [-0.3, -0.25) is 0 Å². The maximum Gasteiger partial charge on any atom is 0.123 e. The lowest BCUT2D eigenvalue weighted by atomic mass is 9.87. The molecule has 0 bridgehead atoms. The number of piperidine rings is 1. The first-order valence-corrected chi connectivity index (χ1v) is 9.00. The fourth-order valence-electron chi connectivity index (χ4n) is 3.56. The van der Waals surface area contributed by atoms with Crippen LogP contribution in [0, 0.1) is 5.92 Å². The van der Waals surface area contributed by atoms with Crippen molar-refractivity contribution in [3.63, 3.8) is 0 Å². The largest absolute Gasteiger partial charge is 0.493 e. The molecule has 1 aliphatic heterocycles. The molecule has 0 spiro atoms. The molecular formula is C19H30ClNO2. The van der Waals surface area contributed by atoms with E-state index < -0.39 is 0 Å². The fraction of sp³-hybridized carbons (Fsp3) is 0.684. The summed E-state index contributed by atoms with van der Waals surface area (Å²) in [6.07, 6.45) is 10.7. The van der Waals surface area contributed by atoms with Crippen LogP contribution in [0.25, 0.3) is 0 Å². The van der Waals surface area contributed by atoms with Crippen molar-refractivity contribution >= 4 is 12.4 Å². The zero-order chi connectivity index (χ0) is 15.0. The summed E-state index contributed by atoms with van der Waals surface area (Å²) in [5.41, 5.74) is 0. The van der Waals surface area contributed by atoms with E-state index in [9.17, 15) is 0 Å². The molecule has 0 aromatic heterocycles. The lowest BCUT2D eigenvalue weighted by Gasteiger charge is -2.24. The van der Waals surface area contributed by atoms with Crippen LogP contribution in [0.4, 0.5) is 0 Å². The molecule has 4 heteroatoms. The van der Waals surface area contributed by atoms with Gasteiger partial charge in [-0.05, 0) is 50.4 Å². The van der Waals surface area contributed by atoms with Gasteiger partial charge in [0.15, 0.2) is 0 Å². The van der Waals surface area contributed by atoms with E-state index in [2.05, 4.69) is 5.32 Å². The average molecular weight is 340 g/mol. The molecule has 130 valence electrons. The molecule has 1 aliphatic carbocycles. The third kappa shape index (κ3) is 6.23. The Kier molecular flexibility index (Phi) is 8.04. The van der Waals surface area contributed by atoms with Gasteiger partial charge >= 0.3 is 0 Å². The highest BCUT2D eigenvalue weighted by atomic mass is 35.5. The van der Waals surface area contributed by atoms with Crippen LogP contribution in [0.1, 0.15) is 51.4 Å². The molecule has 0 radical (unpaired) electrons. The van der Waals surface area contributed by atoms with E-state index in [1.807, 2.05) is 24.3 Å². The quantitative estimate of drug-likeness (QED) is 0.822. The number of hydrogen-bond acceptors (Lipinski definition) is 3. The van der Waals surface area contributed by atoms with Crippen LogP contribution in [0.5, 0.6) is 11.5 Å². The maximum absolute atomic E-state index is 6.07. The Labute approximate surface area is 146 Å². The Morgan fingerprint density at radius 2 is 1.70 bits per heavy atom. The molecule has 1 aromatic carbocycles. The van der Waals surface area contributed by atoms with E-state index in [4.69, 9.17) is 9.47 Å². The molecule has 1 saturated carbocycles. The standard InChI is InChI=1S/C19H29NO2.ClH/c1-2-5-16(6-3-1)11-14-21-18-7-4-8-19(15-18)22-17-9-12-20-13-10-17;/h4,7-8,15-17,20H,1-3,5-6,9-14H2;1H. The van der Waals surface area contributed by atoms with Crippen molar-refractivity contribution in [1.82, 2.24) is 5.32 Å². The second-order valence-corrected chi connectivity index (χ2v) is 6.68. The Morgan fingerprint density at radius 1 is 0.957 bits per heavy atom. The van der Waals surface area contributed by atoms with E-state index in [1.54, 1.807) is 0 Å². The molecule has 3 nitrogen and oxygen atoms in total. The van der Waals surface area contributed by atoms with E-state index in [0.717, 1.165) is 50.0 Å². The van der Waals surface area contributed by atoms with Crippen LogP contribution >= 0.6 is 12.4 Å². The van der Waals surface area contributed by atoms with Crippen LogP contribution in [0.15, 0.2) is 24.3 Å². The summed E-state index contributed by atoms with van der Waals surface area (Å²) in [6.45, 7) is 2.95. The van der Waals surface area contributed by atoms with E-state index >= 15 is 0 Å². The Morgan fingerprint density at radius 3 is 2.48 bits per heavy atom. The van der Waals surface area contributed by atoms with E-state index in [-0.39, 0.29) is 12.4 Å². The Hall–Kier alpha value is -0.930. The molecule has 1 N–H and O–H groups in total. The smallest absolute Gasteiger partial charge is 0.123 e. The predicted molar refractivity (Wildman–Crippen MR) is 96.9 cm³/mol. The number of ether oxygens (including phenoxy) is 2. The second kappa shape index (κ2) is 10.0. The molecule has 2 aliphatic rings. The minimum absolute atomic E-state index is 0. The maximum atomic E-state index is 6.07. The minimum atomic E-state index is 0. The first kappa shape index (κ1) is 18.4. The van der Waals surface area contributed by atoms with Crippen molar-refractivity contribution in [2.75, 3.05) is 19.7 Å². The van der Waals surface area contributed by atoms with Gasteiger partial charge in [-0.25, -0.2) is 0 Å². The summed E-state index contributed by atoms with van der Waals surface area (Å²) in [4.78, 5) is 0. The highest BCUT2D eigenvalue weighted by Crippen LogP contribution is 2.27. The van der Waals surface area contributed by atoms with Crippen molar-refractivity contribution in [2.45, 2.75) is 57.5 Å². The van der Waals surface area contributed by atoms with Crippen LogP contribution in [0.2, 0.25) is 0 Å². The number of hydrogen-bond donors (Lipinski definition) is 1. The van der Waals surface area contributed by atoms with Crippen LogP contribution in [-0.2, 0) is 0 Å². The second-order valence-electron chi connectivity index (χ2n) is 6.68. The number of halogens is 1. The third-order valence-electron chi connectivity index (χ3n) is 4.91. The molecular weight excluding hydrogens is 310 g/mol. The summed E-state index contributed by atoms with van der Waals surface area (Å²) in [5, 5.41) is 3.37. The normalized spacial score (nSPS) is 19.8. The number of rotatable bonds is 6. The van der Waals surface area contributed by atoms with Crippen molar-refractivity contribution in [1.29, 1.82) is 0 Å². The first-order valence-electron chi connectivity index (χ1n) is 9.00. The van der Waals surface area contributed by atoms with Gasteiger partial charge in [-0.15, -0.1) is 12.4 Å². The van der Waals surface area contributed by atoms with E-state index in [1.165, 1.54) is 38.5 Å². The lowest BCUT2D eigenvalue weighted by Crippen LogP contribution is -2.34. The highest BCUT2D eigenvalue weighted by molar-refractivity contribution is 5.85. The first-order chi connectivity index (χ1) is 10.9. The summed E-state index contributed by atoms with van der Waals surface area (Å²) in [6, 6.07) is 8.15. The molecule has 2 fully saturated rings. The van der Waals surface area contributed by atoms with Gasteiger partial charge in [0.25, 0.3) is 0 Å². The zero-order valence-corrected chi connectivity index (χ0v) is 14.8. The van der Waals surface area contributed by atoms with Crippen LogP contribution < -0.4 is 14.8 Å². The van der Waals surface area contributed by atoms with Crippen molar-refractivity contribution in [3.8, 4) is 11.5 Å². The van der Waals surface area contributed by atoms with Crippen molar-refractivity contribution in [3.05, 3.63) is 24.3 Å². The summed E-state index contributed by atoms with van der Waals surface area (Å²) in [7, 11) is 0. The van der Waals surface area contributed by atoms with Crippen LogP contribution in [0.3, 0.4) is 0 Å². The minimum Gasteiger partial charge on any atom is -0.493 e. The van der Waals surface area contributed by atoms with Gasteiger partial charge in [-0.2, -0.15) is 0 Å². The van der Waals surface area contributed by atoms with E-state index in [0.29, 0.717) is 6.10 Å². The molecule has 3 rings (SSSR count). The highest BCUT2D eigenvalue weighted by Gasteiger charge is 2.15. The predicted octanol–water partition coefficient (Wildman–Crippen LogP) is 4.59. The Balaban J connectivity index is 0.00000192. The fourth-order valence-corrected chi connectivity index (χ4v) is 3.56. The van der Waals surface area contributed by atoms with Gasteiger partial charge in [0.1, 0.15) is 17.6 Å². The van der Waals surface area contributed by atoms with Crippen LogP contribution in [-0.4, -0.2) is 25.8 Å². The lowest BCUT2D eigenvalue weighted by molar-refractivity contribution is 0.161. The van der Waals surface area contributed by atoms with Crippen molar-refractivity contribution < 1.29 is 9.47 Å². The summed E-state index contributed by atoms with van der Waals surface area (Å²) < 4.78 is 12.0. The SMILES string of the molecule is Cl.c1cc(OCCC2CCCCC2)cc(OC2CCNCC2)c1. The zero-order valence-electron chi connectivity index (χ0n) is 14.0. The molecule has 1 heterocycles. The number of nitrogens with one attached hydrogen (secondary N) is 1. The van der Waals surface area contributed by atoms with Gasteiger partial charge in [0, 0.05) is 6.07 Å². The van der Waals surface area contributed by atoms with Gasteiger partial charge in [0.2, 0.25) is 0 Å². The summed E-state index contributed by atoms with van der Waals surface area (Å²) >= 11 is 0. The average Bonchev–Trinajstić information content (AvgIpc) is 2.57. The molecule has 1 aromatic rings. The van der Waals surface area contributed by atoms with Gasteiger partial charge in [0.05, 0.1) is 6.61 Å². The topological polar surface area (TPSA) is 30.5 Å². The third-order valence-corrected chi connectivity index (χ3v) is 4.91. The van der Waals surface area contributed by atoms with Gasteiger partial charge < -0.3 is 14.8 Å². The molecule has 0 atom stereocenters. The molecule has 23 heavy (non-hydrogen) atoms. The number of benzene rings is 1. The molecule has 0 amide bonds. The monoisotopic (exact) mass is 339 g/mol. The molecule has 1 saturated heterocycles. The van der Waals surface area contributed by atoms with Crippen molar-refractivity contribution in [2.24, 2.45) is 5.92 Å². The Bertz CT molecular complexity index is 443. The summed E-state index contributed by atoms with van der Waals surface area (Å²) in [5.74, 6) is 2.77. The molecule has 0 unspecified atom stereocenters. The van der Waals surface area contributed by atoms with Gasteiger partial charge in [-0.1, -0.05) is 38.2 Å².